The number of nitrogens with two attached hydrogens (primary N) is 1. The Balaban J connectivity index is 3.05. The van der Waals surface area contributed by atoms with Gasteiger partial charge in [-0.05, 0) is 32.0 Å². The van der Waals surface area contributed by atoms with Gasteiger partial charge in [-0.25, -0.2) is 4.79 Å². The van der Waals surface area contributed by atoms with Crippen molar-refractivity contribution in [3.63, 3.8) is 0 Å². The van der Waals surface area contributed by atoms with Crippen LogP contribution >= 0.6 is 0 Å². The Morgan fingerprint density at radius 3 is 2.56 bits per heavy atom. The molecule has 10 heteroatoms. The van der Waals surface area contributed by atoms with Crippen molar-refractivity contribution in [2.45, 2.75) is 50.2 Å². The molecule has 0 spiro atoms. The Hall–Kier alpha value is -1.72. The molecular weight excluding hydrogens is 334 g/mol. The Morgan fingerprint density at radius 2 is 2.04 bits per heavy atom. The maximum atomic E-state index is 11.5. The number of aliphatic carboxylic acids is 1. The third-order valence-corrected chi connectivity index (χ3v) is 3.84. The van der Waals surface area contributed by atoms with Gasteiger partial charge in [0.05, 0.1) is 18.7 Å². The number of carbonyl (C=O) groups excluding carboxylic acids is 1. The topological polar surface area (TPSA) is 174 Å². The van der Waals surface area contributed by atoms with Crippen molar-refractivity contribution in [2.24, 2.45) is 5.73 Å². The summed E-state index contributed by atoms with van der Waals surface area (Å²) in [5.74, 6) is -2.16. The monoisotopic (exact) mass is 361 g/mol. The van der Waals surface area contributed by atoms with E-state index in [4.69, 9.17) is 15.6 Å². The van der Waals surface area contributed by atoms with Crippen molar-refractivity contribution >= 4 is 11.9 Å². The molecule has 0 aromatic carbocycles. The third-order valence-electron chi connectivity index (χ3n) is 3.84. The van der Waals surface area contributed by atoms with Gasteiger partial charge in [-0.15, -0.1) is 0 Å². The number of carboxylic acid groups (broad SMARTS) is 1. The van der Waals surface area contributed by atoms with Gasteiger partial charge in [-0.3, -0.25) is 4.79 Å². The van der Waals surface area contributed by atoms with E-state index in [1.165, 1.54) is 13.0 Å². The van der Waals surface area contributed by atoms with Gasteiger partial charge in [0, 0.05) is 6.92 Å². The minimum Gasteiger partial charge on any atom is -0.478 e. The summed E-state index contributed by atoms with van der Waals surface area (Å²) in [6, 6.07) is -1.48. The minimum atomic E-state index is -1.60. The summed E-state index contributed by atoms with van der Waals surface area (Å²) in [6.45, 7) is 1.56. The van der Waals surface area contributed by atoms with Gasteiger partial charge in [0.15, 0.2) is 0 Å². The van der Waals surface area contributed by atoms with E-state index in [2.05, 4.69) is 10.6 Å². The lowest BCUT2D eigenvalue weighted by atomic mass is 9.92. The van der Waals surface area contributed by atoms with Crippen LogP contribution in [-0.4, -0.2) is 82.4 Å². The molecular formula is C15H27N3O7. The number of carboxylic acids is 1. The van der Waals surface area contributed by atoms with Gasteiger partial charge in [0.25, 0.3) is 0 Å². The number of ether oxygens (including phenoxy) is 1. The van der Waals surface area contributed by atoms with Crippen LogP contribution in [0.4, 0.5) is 0 Å². The molecule has 0 aromatic rings. The van der Waals surface area contributed by atoms with E-state index in [9.17, 15) is 24.9 Å². The third kappa shape index (κ3) is 6.25. The molecule has 1 aliphatic heterocycles. The molecule has 1 rings (SSSR count). The SMILES string of the molecule is CC(=O)N[C@H]1[C@H]([C@H](O)[C@H](O)CO)OC(C(=O)O)=C[C@@H]1NCCCCN. The molecule has 0 aliphatic carbocycles. The van der Waals surface area contributed by atoms with E-state index in [0.29, 0.717) is 13.1 Å². The van der Waals surface area contributed by atoms with Crippen LogP contribution in [0.25, 0.3) is 0 Å². The molecule has 0 unspecified atom stereocenters. The Labute approximate surface area is 145 Å². The van der Waals surface area contributed by atoms with E-state index >= 15 is 0 Å². The summed E-state index contributed by atoms with van der Waals surface area (Å²) < 4.78 is 5.27. The van der Waals surface area contributed by atoms with E-state index in [1.54, 1.807) is 0 Å². The average Bonchev–Trinajstić information content (AvgIpc) is 2.57. The first kappa shape index (κ1) is 21.3. The number of aliphatic hydroxyl groups excluding tert-OH is 3. The molecule has 0 saturated carbocycles. The highest BCUT2D eigenvalue weighted by Gasteiger charge is 2.43. The molecule has 8 N–H and O–H groups in total. The van der Waals surface area contributed by atoms with Gasteiger partial charge in [0.2, 0.25) is 11.7 Å². The lowest BCUT2D eigenvalue weighted by molar-refractivity contribution is -0.146. The standard InChI is InChI=1S/C15H27N3O7/c1-8(20)18-12-9(17-5-3-2-4-16)6-11(15(23)24)25-14(12)13(22)10(21)7-19/h6,9-10,12-14,17,19,21-22H,2-5,7,16H2,1H3,(H,18,20)(H,23,24)/t9-,10+,12+,13+,14+/m0/s1. The van der Waals surface area contributed by atoms with Crippen LogP contribution in [0.3, 0.4) is 0 Å². The fourth-order valence-electron chi connectivity index (χ4n) is 2.59. The second-order valence-corrected chi connectivity index (χ2v) is 5.86. The van der Waals surface area contributed by atoms with Crippen LogP contribution < -0.4 is 16.4 Å². The zero-order valence-corrected chi connectivity index (χ0v) is 14.1. The van der Waals surface area contributed by atoms with Gasteiger partial charge < -0.3 is 41.5 Å². The Bertz CT molecular complexity index is 486. The molecule has 0 saturated heterocycles. The molecule has 1 aliphatic rings. The number of nitrogens with one attached hydrogen (secondary N) is 2. The number of hydrogen-bond donors (Lipinski definition) is 7. The summed E-state index contributed by atoms with van der Waals surface area (Å²) in [7, 11) is 0. The number of rotatable bonds is 10. The van der Waals surface area contributed by atoms with Gasteiger partial charge in [-0.1, -0.05) is 0 Å². The zero-order valence-electron chi connectivity index (χ0n) is 14.1. The molecule has 0 aromatic heterocycles. The van der Waals surface area contributed by atoms with Crippen molar-refractivity contribution in [1.82, 2.24) is 10.6 Å². The molecule has 144 valence electrons. The first-order chi connectivity index (χ1) is 11.8. The normalized spacial score (nSPS) is 25.5. The number of amides is 1. The first-order valence-corrected chi connectivity index (χ1v) is 8.11. The quantitative estimate of drug-likeness (QED) is 0.204. The van der Waals surface area contributed by atoms with Crippen LogP contribution in [0.15, 0.2) is 11.8 Å². The summed E-state index contributed by atoms with van der Waals surface area (Å²) in [6.07, 6.45) is -1.59. The molecule has 0 radical (unpaired) electrons. The lowest BCUT2D eigenvalue weighted by Crippen LogP contribution is -2.63. The molecule has 0 bridgehead atoms. The highest BCUT2D eigenvalue weighted by atomic mass is 16.5. The Kier molecular flexibility index (Phi) is 8.79. The maximum absolute atomic E-state index is 11.5. The number of hydrogen-bond acceptors (Lipinski definition) is 8. The van der Waals surface area contributed by atoms with Crippen LogP contribution in [0.2, 0.25) is 0 Å². The van der Waals surface area contributed by atoms with E-state index in [1.807, 2.05) is 0 Å². The van der Waals surface area contributed by atoms with Gasteiger partial charge in [-0.2, -0.15) is 0 Å². The summed E-state index contributed by atoms with van der Waals surface area (Å²) in [4.78, 5) is 22.8. The molecule has 25 heavy (non-hydrogen) atoms. The van der Waals surface area contributed by atoms with Crippen molar-refractivity contribution in [3.8, 4) is 0 Å². The fraction of sp³-hybridized carbons (Fsp3) is 0.733. The zero-order chi connectivity index (χ0) is 19.0. The van der Waals surface area contributed by atoms with Crippen molar-refractivity contribution in [3.05, 3.63) is 11.8 Å². The summed E-state index contributed by atoms with van der Waals surface area (Å²) in [5, 5.41) is 43.8. The summed E-state index contributed by atoms with van der Waals surface area (Å²) in [5.41, 5.74) is 5.43. The van der Waals surface area contributed by atoms with E-state index in [-0.39, 0.29) is 0 Å². The van der Waals surface area contributed by atoms with Crippen LogP contribution in [0, 0.1) is 0 Å². The predicted octanol–water partition coefficient (Wildman–Crippen LogP) is -2.73. The van der Waals surface area contributed by atoms with Crippen molar-refractivity contribution in [2.75, 3.05) is 19.7 Å². The molecule has 1 heterocycles. The fourth-order valence-corrected chi connectivity index (χ4v) is 2.59. The van der Waals surface area contributed by atoms with Gasteiger partial charge >= 0.3 is 5.97 Å². The van der Waals surface area contributed by atoms with Crippen LogP contribution in [-0.2, 0) is 14.3 Å². The number of aliphatic hydroxyl groups is 3. The van der Waals surface area contributed by atoms with E-state index < -0.39 is 54.6 Å². The predicted molar refractivity (Wildman–Crippen MR) is 87.4 cm³/mol. The molecule has 10 nitrogen and oxygen atoms in total. The molecule has 5 atom stereocenters. The number of carbonyl (C=O) groups is 2. The largest absolute Gasteiger partial charge is 0.478 e. The smallest absolute Gasteiger partial charge is 0.370 e. The lowest BCUT2D eigenvalue weighted by Gasteiger charge is -2.40. The average molecular weight is 361 g/mol. The van der Waals surface area contributed by atoms with Crippen molar-refractivity contribution < 1.29 is 34.8 Å². The first-order valence-electron chi connectivity index (χ1n) is 8.11. The van der Waals surface area contributed by atoms with Crippen LogP contribution in [0.1, 0.15) is 19.8 Å². The number of unbranched alkanes of at least 4 members (excludes halogenated alkanes) is 1. The van der Waals surface area contributed by atoms with Gasteiger partial charge in [0.1, 0.15) is 18.3 Å². The highest BCUT2D eigenvalue weighted by Crippen LogP contribution is 2.23. The molecule has 0 fully saturated rings. The van der Waals surface area contributed by atoms with Crippen molar-refractivity contribution in [1.29, 1.82) is 0 Å². The van der Waals surface area contributed by atoms with E-state index in [0.717, 1.165) is 12.8 Å². The highest BCUT2D eigenvalue weighted by molar-refractivity contribution is 5.84. The molecule has 1 amide bonds. The second kappa shape index (κ2) is 10.3. The van der Waals surface area contributed by atoms with Crippen LogP contribution in [0.5, 0.6) is 0 Å². The summed E-state index contributed by atoms with van der Waals surface area (Å²) >= 11 is 0. The maximum Gasteiger partial charge on any atom is 0.370 e. The Morgan fingerprint density at radius 1 is 1.36 bits per heavy atom. The second-order valence-electron chi connectivity index (χ2n) is 5.86. The minimum absolute atomic E-state index is 0.410.